The topological polar surface area (TPSA) is 75.7 Å². The quantitative estimate of drug-likeness (QED) is 0.324. The predicted octanol–water partition coefficient (Wildman–Crippen LogP) is 6.20. The number of rotatable bonds is 5. The molecule has 4 rings (SSSR count). The van der Waals surface area contributed by atoms with Crippen molar-refractivity contribution < 1.29 is 19.1 Å². The number of hydrogen-bond acceptors (Lipinski definition) is 4. The van der Waals surface area contributed by atoms with Gasteiger partial charge in [0.05, 0.1) is 10.7 Å². The van der Waals surface area contributed by atoms with Crippen molar-refractivity contribution in [1.82, 2.24) is 5.32 Å². The summed E-state index contributed by atoms with van der Waals surface area (Å²) in [6, 6.07) is 16.0. The Morgan fingerprint density at radius 1 is 0.912 bits per heavy atom. The Labute approximate surface area is 210 Å². The van der Waals surface area contributed by atoms with Gasteiger partial charge in [-0.1, -0.05) is 65.1 Å². The van der Waals surface area contributed by atoms with Crippen molar-refractivity contribution in [2.45, 2.75) is 13.5 Å². The van der Waals surface area contributed by atoms with E-state index in [2.05, 4.69) is 5.32 Å². The summed E-state index contributed by atoms with van der Waals surface area (Å²) in [4.78, 5) is 38.7. The third-order valence-corrected chi connectivity index (χ3v) is 6.19. The molecule has 0 aromatic heterocycles. The number of halogens is 3. The lowest BCUT2D eigenvalue weighted by Crippen LogP contribution is -2.54. The van der Waals surface area contributed by atoms with E-state index in [-0.39, 0.29) is 22.9 Å². The van der Waals surface area contributed by atoms with Crippen LogP contribution in [0.25, 0.3) is 6.08 Å². The van der Waals surface area contributed by atoms with E-state index in [1.807, 2.05) is 18.2 Å². The molecule has 0 radical (unpaired) electrons. The van der Waals surface area contributed by atoms with Crippen LogP contribution in [0.4, 0.5) is 10.5 Å². The Morgan fingerprint density at radius 2 is 1.68 bits per heavy atom. The number of anilines is 1. The molecule has 0 saturated carbocycles. The highest BCUT2D eigenvalue weighted by Crippen LogP contribution is 2.30. The van der Waals surface area contributed by atoms with Crippen LogP contribution in [0, 0.1) is 6.92 Å². The molecule has 172 valence electrons. The maximum Gasteiger partial charge on any atom is 0.335 e. The van der Waals surface area contributed by atoms with Crippen molar-refractivity contribution in [2.75, 3.05) is 4.90 Å². The lowest BCUT2D eigenvalue weighted by molar-refractivity contribution is -0.122. The van der Waals surface area contributed by atoms with E-state index >= 15 is 0 Å². The Bertz CT molecular complexity index is 1350. The molecule has 1 aliphatic heterocycles. The molecule has 0 unspecified atom stereocenters. The Hall–Kier alpha value is -3.32. The second kappa shape index (κ2) is 9.89. The van der Waals surface area contributed by atoms with Gasteiger partial charge in [-0.05, 0) is 54.5 Å². The number of ether oxygens (including phenoxy) is 1. The van der Waals surface area contributed by atoms with Crippen LogP contribution in [-0.4, -0.2) is 17.8 Å². The summed E-state index contributed by atoms with van der Waals surface area (Å²) in [5, 5.41) is 3.43. The highest BCUT2D eigenvalue weighted by atomic mass is 35.5. The molecule has 1 saturated heterocycles. The molecule has 3 aromatic carbocycles. The average molecular weight is 516 g/mol. The number of urea groups is 1. The summed E-state index contributed by atoms with van der Waals surface area (Å²) in [7, 11) is 0. The second-order valence-electron chi connectivity index (χ2n) is 7.46. The Kier molecular flexibility index (Phi) is 6.93. The third-order valence-electron chi connectivity index (χ3n) is 5.12. The first-order valence-electron chi connectivity index (χ1n) is 10.1. The van der Waals surface area contributed by atoms with Crippen LogP contribution in [0.1, 0.15) is 16.7 Å². The maximum atomic E-state index is 13.1. The number of nitrogens with zero attached hydrogens (tertiary/aromatic N) is 1. The fourth-order valence-electron chi connectivity index (χ4n) is 3.27. The molecule has 34 heavy (non-hydrogen) atoms. The number of carbonyl (C=O) groups is 3. The third kappa shape index (κ3) is 4.94. The SMILES string of the molecule is Cc1ccc(N2C(=O)NC(=O)/C(=C\c3ccc(OCc4ccccc4Cl)c(Cl)c3)C2=O)cc1Cl. The van der Waals surface area contributed by atoms with E-state index in [1.54, 1.807) is 43.3 Å². The normalized spacial score (nSPS) is 15.0. The lowest BCUT2D eigenvalue weighted by atomic mass is 10.1. The van der Waals surface area contributed by atoms with Crippen LogP contribution in [0.3, 0.4) is 0 Å². The van der Waals surface area contributed by atoms with E-state index in [9.17, 15) is 14.4 Å². The molecule has 1 N–H and O–H groups in total. The summed E-state index contributed by atoms with van der Waals surface area (Å²) in [6.45, 7) is 2.02. The highest BCUT2D eigenvalue weighted by molar-refractivity contribution is 6.39. The number of nitrogens with one attached hydrogen (secondary N) is 1. The highest BCUT2D eigenvalue weighted by Gasteiger charge is 2.37. The summed E-state index contributed by atoms with van der Waals surface area (Å²) in [6.07, 6.45) is 1.36. The van der Waals surface area contributed by atoms with Gasteiger partial charge in [0, 0.05) is 15.6 Å². The minimum Gasteiger partial charge on any atom is -0.487 e. The molecular formula is C25H17Cl3N2O4. The van der Waals surface area contributed by atoms with Gasteiger partial charge >= 0.3 is 6.03 Å². The van der Waals surface area contributed by atoms with Gasteiger partial charge in [0.2, 0.25) is 0 Å². The van der Waals surface area contributed by atoms with Crippen molar-refractivity contribution in [3.8, 4) is 5.75 Å². The Morgan fingerprint density at radius 3 is 2.38 bits per heavy atom. The largest absolute Gasteiger partial charge is 0.487 e. The van der Waals surface area contributed by atoms with Gasteiger partial charge in [0.25, 0.3) is 11.8 Å². The molecule has 6 nitrogen and oxygen atoms in total. The van der Waals surface area contributed by atoms with Gasteiger partial charge < -0.3 is 4.74 Å². The number of hydrogen-bond donors (Lipinski definition) is 1. The van der Waals surface area contributed by atoms with Crippen LogP contribution in [0.15, 0.2) is 66.2 Å². The number of barbiturate groups is 1. The monoisotopic (exact) mass is 514 g/mol. The van der Waals surface area contributed by atoms with Crippen molar-refractivity contribution in [2.24, 2.45) is 0 Å². The number of imide groups is 2. The molecule has 1 fully saturated rings. The summed E-state index contributed by atoms with van der Waals surface area (Å²) >= 11 is 18.6. The van der Waals surface area contributed by atoms with Crippen LogP contribution in [0.5, 0.6) is 5.75 Å². The number of aryl methyl sites for hydroxylation is 1. The van der Waals surface area contributed by atoms with Crippen LogP contribution < -0.4 is 15.0 Å². The molecule has 0 atom stereocenters. The fraction of sp³-hybridized carbons (Fsp3) is 0.0800. The summed E-state index contributed by atoms with van der Waals surface area (Å²) in [5.74, 6) is -1.17. The van der Waals surface area contributed by atoms with E-state index in [0.29, 0.717) is 21.4 Å². The molecule has 0 bridgehead atoms. The first-order valence-corrected chi connectivity index (χ1v) is 11.2. The molecule has 1 heterocycles. The van der Waals surface area contributed by atoms with Gasteiger partial charge in [-0.3, -0.25) is 14.9 Å². The minimum absolute atomic E-state index is 0.219. The van der Waals surface area contributed by atoms with E-state index < -0.39 is 17.8 Å². The van der Waals surface area contributed by atoms with Crippen LogP contribution in [0.2, 0.25) is 15.1 Å². The molecule has 9 heteroatoms. The zero-order chi connectivity index (χ0) is 24.4. The van der Waals surface area contributed by atoms with Gasteiger partial charge in [0.1, 0.15) is 17.9 Å². The first-order chi connectivity index (χ1) is 16.2. The smallest absolute Gasteiger partial charge is 0.335 e. The first kappa shape index (κ1) is 23.8. The fourth-order valence-corrected chi connectivity index (χ4v) is 3.88. The standard InChI is InChI=1S/C25H17Cl3N2O4/c1-14-6-8-17(12-20(14)27)30-24(32)18(23(31)29-25(30)33)10-15-7-9-22(21(28)11-15)34-13-16-4-2-3-5-19(16)26/h2-12H,13H2,1H3,(H,29,31,33)/b18-10+. The second-order valence-corrected chi connectivity index (χ2v) is 8.68. The number of benzene rings is 3. The van der Waals surface area contributed by atoms with Crippen LogP contribution >= 0.6 is 34.8 Å². The van der Waals surface area contributed by atoms with Gasteiger partial charge in [-0.15, -0.1) is 0 Å². The molecule has 0 spiro atoms. The molecule has 3 aromatic rings. The van der Waals surface area contributed by atoms with Crippen molar-refractivity contribution in [1.29, 1.82) is 0 Å². The minimum atomic E-state index is -0.853. The number of carbonyl (C=O) groups excluding carboxylic acids is 3. The number of amides is 4. The predicted molar refractivity (Wildman–Crippen MR) is 132 cm³/mol. The molecule has 4 amide bonds. The average Bonchev–Trinajstić information content (AvgIpc) is 2.79. The maximum absolute atomic E-state index is 13.1. The summed E-state index contributed by atoms with van der Waals surface area (Å²) in [5.41, 5.74) is 2.09. The summed E-state index contributed by atoms with van der Waals surface area (Å²) < 4.78 is 5.75. The zero-order valence-electron chi connectivity index (χ0n) is 17.8. The van der Waals surface area contributed by atoms with Crippen LogP contribution in [-0.2, 0) is 16.2 Å². The van der Waals surface area contributed by atoms with E-state index in [1.165, 1.54) is 12.1 Å². The van der Waals surface area contributed by atoms with Crippen molar-refractivity contribution in [3.63, 3.8) is 0 Å². The molecule has 1 aliphatic rings. The van der Waals surface area contributed by atoms with E-state index in [4.69, 9.17) is 39.5 Å². The van der Waals surface area contributed by atoms with Gasteiger partial charge in [0.15, 0.2) is 0 Å². The Balaban J connectivity index is 1.58. The molecule has 0 aliphatic carbocycles. The van der Waals surface area contributed by atoms with Gasteiger partial charge in [-0.2, -0.15) is 0 Å². The van der Waals surface area contributed by atoms with Crippen molar-refractivity contribution in [3.05, 3.63) is 98.0 Å². The van der Waals surface area contributed by atoms with Crippen molar-refractivity contribution >= 4 is 64.4 Å². The van der Waals surface area contributed by atoms with Gasteiger partial charge in [-0.25, -0.2) is 9.69 Å². The lowest BCUT2D eigenvalue weighted by Gasteiger charge is -2.26. The molecular weight excluding hydrogens is 499 g/mol. The van der Waals surface area contributed by atoms with E-state index in [0.717, 1.165) is 16.0 Å². The zero-order valence-corrected chi connectivity index (χ0v) is 20.0.